The van der Waals surface area contributed by atoms with Gasteiger partial charge in [-0.3, -0.25) is 4.79 Å². The summed E-state index contributed by atoms with van der Waals surface area (Å²) < 4.78 is 0.994. The van der Waals surface area contributed by atoms with Crippen molar-refractivity contribution >= 4 is 17.5 Å². The quantitative estimate of drug-likeness (QED) is 0.785. The summed E-state index contributed by atoms with van der Waals surface area (Å²) >= 11 is 5.83. The molecule has 2 heterocycles. The van der Waals surface area contributed by atoms with Crippen molar-refractivity contribution in [3.05, 3.63) is 40.7 Å². The van der Waals surface area contributed by atoms with Crippen LogP contribution >= 0.6 is 11.6 Å². The van der Waals surface area contributed by atoms with Crippen LogP contribution in [0.3, 0.4) is 0 Å². The summed E-state index contributed by atoms with van der Waals surface area (Å²) in [5.41, 5.74) is 1.54. The Morgan fingerprint density at radius 3 is 2.79 bits per heavy atom. The maximum absolute atomic E-state index is 11.8. The van der Waals surface area contributed by atoms with Gasteiger partial charge in [-0.2, -0.15) is 4.73 Å². The lowest BCUT2D eigenvalue weighted by Crippen LogP contribution is -2.39. The van der Waals surface area contributed by atoms with Gasteiger partial charge in [0.05, 0.1) is 5.69 Å². The SMILES string of the molecule is CC1Cc2c(nc(-c3ccc(Cl)cc3)n2O)C(=O)N1. The molecule has 1 amide bonds. The summed E-state index contributed by atoms with van der Waals surface area (Å²) in [6.45, 7) is 1.88. The standard InChI is InChI=1S/C13H12ClN3O2/c1-7-6-10-11(13(18)15-7)16-12(17(10)19)8-2-4-9(14)5-3-8/h2-5,7,19H,6H2,1H3,(H,15,18). The van der Waals surface area contributed by atoms with Crippen LogP contribution in [0.25, 0.3) is 11.4 Å². The number of carbonyl (C=O) groups excluding carboxylic acids is 1. The topological polar surface area (TPSA) is 67.1 Å². The van der Waals surface area contributed by atoms with E-state index in [-0.39, 0.29) is 17.6 Å². The van der Waals surface area contributed by atoms with Gasteiger partial charge in [0.25, 0.3) is 5.91 Å². The van der Waals surface area contributed by atoms with E-state index in [0.717, 1.165) is 4.73 Å². The Morgan fingerprint density at radius 2 is 2.11 bits per heavy atom. The number of hydrogen-bond acceptors (Lipinski definition) is 3. The monoisotopic (exact) mass is 277 g/mol. The fourth-order valence-electron chi connectivity index (χ4n) is 2.23. The van der Waals surface area contributed by atoms with E-state index in [1.54, 1.807) is 24.3 Å². The minimum absolute atomic E-state index is 0.0133. The van der Waals surface area contributed by atoms with Gasteiger partial charge in [0, 0.05) is 23.0 Å². The van der Waals surface area contributed by atoms with Crippen molar-refractivity contribution in [2.24, 2.45) is 0 Å². The van der Waals surface area contributed by atoms with E-state index in [1.807, 2.05) is 6.92 Å². The Kier molecular flexibility index (Phi) is 2.71. The molecule has 6 heteroatoms. The predicted molar refractivity (Wildman–Crippen MR) is 70.5 cm³/mol. The molecule has 0 aliphatic carbocycles. The number of carbonyl (C=O) groups is 1. The molecule has 0 radical (unpaired) electrons. The highest BCUT2D eigenvalue weighted by Crippen LogP contribution is 2.25. The van der Waals surface area contributed by atoms with Crippen LogP contribution in [-0.4, -0.2) is 26.9 Å². The predicted octanol–water partition coefficient (Wildman–Crippen LogP) is 2.12. The fourth-order valence-corrected chi connectivity index (χ4v) is 2.36. The smallest absolute Gasteiger partial charge is 0.272 e. The van der Waals surface area contributed by atoms with E-state index >= 15 is 0 Å². The highest BCUT2D eigenvalue weighted by atomic mass is 35.5. The summed E-state index contributed by atoms with van der Waals surface area (Å²) in [6, 6.07) is 6.93. The second kappa shape index (κ2) is 4.28. The second-order valence-electron chi connectivity index (χ2n) is 4.63. The Bertz CT molecular complexity index is 649. The molecule has 2 aromatic rings. The van der Waals surface area contributed by atoms with Crippen molar-refractivity contribution in [3.63, 3.8) is 0 Å². The minimum atomic E-state index is -0.253. The maximum Gasteiger partial charge on any atom is 0.272 e. The highest BCUT2D eigenvalue weighted by Gasteiger charge is 2.29. The van der Waals surface area contributed by atoms with Gasteiger partial charge >= 0.3 is 0 Å². The summed E-state index contributed by atoms with van der Waals surface area (Å²) in [5, 5.41) is 13.6. The summed E-state index contributed by atoms with van der Waals surface area (Å²) in [4.78, 5) is 16.1. The number of amides is 1. The summed E-state index contributed by atoms with van der Waals surface area (Å²) in [7, 11) is 0. The van der Waals surface area contributed by atoms with Crippen LogP contribution in [0.4, 0.5) is 0 Å². The average molecular weight is 278 g/mol. The molecule has 1 aromatic carbocycles. The molecule has 1 aliphatic rings. The number of hydrogen-bond donors (Lipinski definition) is 2. The number of halogens is 1. The molecule has 2 N–H and O–H groups in total. The first kappa shape index (κ1) is 12.0. The first-order chi connectivity index (χ1) is 9.06. The third kappa shape index (κ3) is 1.96. The molecular formula is C13H12ClN3O2. The Hall–Kier alpha value is -2.01. The average Bonchev–Trinajstić information content (AvgIpc) is 2.69. The van der Waals surface area contributed by atoms with E-state index < -0.39 is 0 Å². The Balaban J connectivity index is 2.12. The molecule has 5 nitrogen and oxygen atoms in total. The van der Waals surface area contributed by atoms with Crippen LogP contribution in [-0.2, 0) is 6.42 Å². The summed E-state index contributed by atoms with van der Waals surface area (Å²) in [6.07, 6.45) is 0.554. The molecule has 0 spiro atoms. The van der Waals surface area contributed by atoms with Gasteiger partial charge in [-0.05, 0) is 31.2 Å². The van der Waals surface area contributed by atoms with Gasteiger partial charge in [-0.25, -0.2) is 4.98 Å². The number of fused-ring (bicyclic) bond motifs is 1. The molecule has 0 fully saturated rings. The molecule has 3 rings (SSSR count). The summed E-state index contributed by atoms with van der Waals surface area (Å²) in [5.74, 6) is 0.0997. The van der Waals surface area contributed by atoms with Crippen molar-refractivity contribution in [2.45, 2.75) is 19.4 Å². The van der Waals surface area contributed by atoms with Gasteiger partial charge in [0.1, 0.15) is 0 Å². The molecule has 1 atom stereocenters. The van der Waals surface area contributed by atoms with Gasteiger partial charge in [-0.15, -0.1) is 0 Å². The Labute approximate surface area is 114 Å². The molecule has 1 aromatic heterocycles. The highest BCUT2D eigenvalue weighted by molar-refractivity contribution is 6.30. The van der Waals surface area contributed by atoms with Gasteiger partial charge in [0.2, 0.25) is 0 Å². The zero-order valence-corrected chi connectivity index (χ0v) is 11.0. The number of rotatable bonds is 1. The second-order valence-corrected chi connectivity index (χ2v) is 5.06. The van der Waals surface area contributed by atoms with Crippen LogP contribution in [0.1, 0.15) is 23.1 Å². The van der Waals surface area contributed by atoms with Crippen molar-refractivity contribution in [3.8, 4) is 11.4 Å². The zero-order chi connectivity index (χ0) is 13.6. The number of benzene rings is 1. The molecule has 0 saturated heterocycles. The molecular weight excluding hydrogens is 266 g/mol. The third-order valence-electron chi connectivity index (χ3n) is 3.14. The molecule has 98 valence electrons. The van der Waals surface area contributed by atoms with E-state index in [2.05, 4.69) is 10.3 Å². The van der Waals surface area contributed by atoms with Crippen LogP contribution in [0.5, 0.6) is 0 Å². The molecule has 0 saturated carbocycles. The zero-order valence-electron chi connectivity index (χ0n) is 10.2. The molecule has 1 unspecified atom stereocenters. The maximum atomic E-state index is 11.8. The van der Waals surface area contributed by atoms with Crippen LogP contribution in [0.2, 0.25) is 5.02 Å². The van der Waals surface area contributed by atoms with Crippen LogP contribution < -0.4 is 5.32 Å². The molecule has 19 heavy (non-hydrogen) atoms. The lowest BCUT2D eigenvalue weighted by atomic mass is 10.1. The van der Waals surface area contributed by atoms with Crippen LogP contribution in [0, 0.1) is 0 Å². The van der Waals surface area contributed by atoms with Gasteiger partial charge in [0.15, 0.2) is 11.5 Å². The minimum Gasteiger partial charge on any atom is -0.427 e. The Morgan fingerprint density at radius 1 is 1.42 bits per heavy atom. The van der Waals surface area contributed by atoms with E-state index in [1.165, 1.54) is 0 Å². The number of nitrogens with one attached hydrogen (secondary N) is 1. The van der Waals surface area contributed by atoms with Crippen molar-refractivity contribution in [1.82, 2.24) is 15.0 Å². The molecule has 0 bridgehead atoms. The van der Waals surface area contributed by atoms with Crippen molar-refractivity contribution in [2.75, 3.05) is 0 Å². The van der Waals surface area contributed by atoms with Crippen molar-refractivity contribution < 1.29 is 10.0 Å². The first-order valence-electron chi connectivity index (χ1n) is 5.94. The van der Waals surface area contributed by atoms with E-state index in [0.29, 0.717) is 28.5 Å². The van der Waals surface area contributed by atoms with Gasteiger partial charge < -0.3 is 10.5 Å². The largest absolute Gasteiger partial charge is 0.427 e. The number of nitrogens with zero attached hydrogens (tertiary/aromatic N) is 2. The third-order valence-corrected chi connectivity index (χ3v) is 3.39. The van der Waals surface area contributed by atoms with E-state index in [9.17, 15) is 10.0 Å². The van der Waals surface area contributed by atoms with Crippen molar-refractivity contribution in [1.29, 1.82) is 0 Å². The first-order valence-corrected chi connectivity index (χ1v) is 6.31. The normalized spacial score (nSPS) is 18.0. The molecule has 1 aliphatic heterocycles. The van der Waals surface area contributed by atoms with Crippen LogP contribution in [0.15, 0.2) is 24.3 Å². The van der Waals surface area contributed by atoms with Gasteiger partial charge in [-0.1, -0.05) is 11.6 Å². The lowest BCUT2D eigenvalue weighted by molar-refractivity contribution is 0.0915. The lowest BCUT2D eigenvalue weighted by Gasteiger charge is -2.18. The fraction of sp³-hybridized carbons (Fsp3) is 0.231. The van der Waals surface area contributed by atoms with E-state index in [4.69, 9.17) is 11.6 Å². The number of aromatic nitrogens is 2. The number of imidazole rings is 1.